The van der Waals surface area contributed by atoms with Crippen molar-refractivity contribution >= 4 is 17.8 Å². The van der Waals surface area contributed by atoms with Crippen LogP contribution in [-0.4, -0.2) is 47.5 Å². The molecule has 3 amide bonds. The van der Waals surface area contributed by atoms with Crippen LogP contribution < -0.4 is 25.0 Å². The van der Waals surface area contributed by atoms with E-state index < -0.39 is 6.04 Å². The van der Waals surface area contributed by atoms with Crippen molar-refractivity contribution in [2.24, 2.45) is 7.05 Å². The van der Waals surface area contributed by atoms with Gasteiger partial charge in [0.05, 0.1) is 13.2 Å². The van der Waals surface area contributed by atoms with Crippen LogP contribution in [0.1, 0.15) is 24.8 Å². The molecule has 29 heavy (non-hydrogen) atoms. The van der Waals surface area contributed by atoms with Crippen molar-refractivity contribution in [2.45, 2.75) is 31.8 Å². The number of urea groups is 1. The van der Waals surface area contributed by atoms with E-state index in [0.29, 0.717) is 44.3 Å². The van der Waals surface area contributed by atoms with Gasteiger partial charge in [0.2, 0.25) is 0 Å². The molecular weight excluding hydrogens is 374 g/mol. The quantitative estimate of drug-likeness (QED) is 0.814. The lowest BCUT2D eigenvalue weighted by Crippen LogP contribution is -2.54. The van der Waals surface area contributed by atoms with E-state index in [1.807, 2.05) is 18.2 Å². The third-order valence-electron chi connectivity index (χ3n) is 4.99. The molecule has 2 aromatic rings. The van der Waals surface area contributed by atoms with Crippen LogP contribution in [0.25, 0.3) is 0 Å². The fourth-order valence-corrected chi connectivity index (χ4v) is 3.49. The molecule has 0 bridgehead atoms. The monoisotopic (exact) mass is 399 g/mol. The summed E-state index contributed by atoms with van der Waals surface area (Å²) in [6.07, 6.45) is 4.05. The summed E-state index contributed by atoms with van der Waals surface area (Å²) in [4.78, 5) is 26.7. The maximum atomic E-state index is 12.7. The summed E-state index contributed by atoms with van der Waals surface area (Å²) < 4.78 is 12.9. The number of aryl methyl sites for hydroxylation is 1. The molecule has 1 atom stereocenters. The van der Waals surface area contributed by atoms with E-state index in [1.54, 1.807) is 28.9 Å². The standard InChI is InChI=1S/C20H25N5O4/c1-24-9-7-18(23-24)25-8-2-4-15(19(25)26)22-20(27)21-13-14-5-6-16-17(12-14)29-11-3-10-28-16/h5-7,9,12,15H,2-4,8,10-11,13H2,1H3,(H2,21,22,27). The number of ether oxygens (including phenoxy) is 2. The molecule has 0 radical (unpaired) electrons. The number of rotatable bonds is 4. The zero-order chi connectivity index (χ0) is 20.2. The van der Waals surface area contributed by atoms with Crippen LogP contribution in [0.2, 0.25) is 0 Å². The van der Waals surface area contributed by atoms with Crippen molar-refractivity contribution in [3.8, 4) is 11.5 Å². The molecule has 2 N–H and O–H groups in total. The third kappa shape index (κ3) is 4.44. The van der Waals surface area contributed by atoms with Gasteiger partial charge in [0, 0.05) is 38.8 Å². The number of carbonyl (C=O) groups is 2. The third-order valence-corrected chi connectivity index (χ3v) is 4.99. The fraction of sp³-hybridized carbons (Fsp3) is 0.450. The highest BCUT2D eigenvalue weighted by molar-refractivity contribution is 5.99. The summed E-state index contributed by atoms with van der Waals surface area (Å²) >= 11 is 0. The van der Waals surface area contributed by atoms with Gasteiger partial charge in [-0.05, 0) is 30.5 Å². The number of nitrogens with zero attached hydrogens (tertiary/aromatic N) is 3. The first kappa shape index (κ1) is 19.1. The van der Waals surface area contributed by atoms with Crippen molar-refractivity contribution in [1.29, 1.82) is 0 Å². The highest BCUT2D eigenvalue weighted by atomic mass is 16.5. The molecular formula is C20H25N5O4. The molecule has 1 saturated heterocycles. The molecule has 1 unspecified atom stereocenters. The highest BCUT2D eigenvalue weighted by Crippen LogP contribution is 2.30. The van der Waals surface area contributed by atoms with Crippen LogP contribution in [-0.2, 0) is 18.4 Å². The van der Waals surface area contributed by atoms with Gasteiger partial charge in [-0.1, -0.05) is 6.07 Å². The number of hydrogen-bond acceptors (Lipinski definition) is 5. The van der Waals surface area contributed by atoms with E-state index >= 15 is 0 Å². The Kier molecular flexibility index (Phi) is 5.55. The molecule has 154 valence electrons. The van der Waals surface area contributed by atoms with Crippen molar-refractivity contribution < 1.29 is 19.1 Å². The summed E-state index contributed by atoms with van der Waals surface area (Å²) in [5.41, 5.74) is 0.898. The van der Waals surface area contributed by atoms with Gasteiger partial charge in [-0.2, -0.15) is 5.10 Å². The molecule has 0 saturated carbocycles. The Labute approximate surface area is 169 Å². The molecule has 3 heterocycles. The zero-order valence-electron chi connectivity index (χ0n) is 16.4. The lowest BCUT2D eigenvalue weighted by Gasteiger charge is -2.31. The molecule has 1 aromatic heterocycles. The molecule has 1 aromatic carbocycles. The molecule has 0 aliphatic carbocycles. The van der Waals surface area contributed by atoms with Crippen molar-refractivity contribution in [3.05, 3.63) is 36.0 Å². The Morgan fingerprint density at radius 2 is 2.03 bits per heavy atom. The lowest BCUT2D eigenvalue weighted by atomic mass is 10.1. The van der Waals surface area contributed by atoms with Crippen LogP contribution in [0.15, 0.2) is 30.5 Å². The summed E-state index contributed by atoms with van der Waals surface area (Å²) in [6.45, 7) is 2.18. The lowest BCUT2D eigenvalue weighted by molar-refractivity contribution is -0.121. The Bertz CT molecular complexity index is 897. The first-order valence-electron chi connectivity index (χ1n) is 9.84. The summed E-state index contributed by atoms with van der Waals surface area (Å²) in [5.74, 6) is 1.88. The van der Waals surface area contributed by atoms with Gasteiger partial charge in [0.1, 0.15) is 6.04 Å². The minimum atomic E-state index is -0.561. The van der Waals surface area contributed by atoms with Gasteiger partial charge >= 0.3 is 6.03 Å². The van der Waals surface area contributed by atoms with Crippen molar-refractivity contribution in [1.82, 2.24) is 20.4 Å². The number of piperidine rings is 1. The number of hydrogen-bond donors (Lipinski definition) is 2. The van der Waals surface area contributed by atoms with Gasteiger partial charge in [0.15, 0.2) is 17.3 Å². The van der Waals surface area contributed by atoms with E-state index in [0.717, 1.165) is 24.2 Å². The zero-order valence-corrected chi connectivity index (χ0v) is 16.4. The van der Waals surface area contributed by atoms with E-state index in [1.165, 1.54) is 0 Å². The largest absolute Gasteiger partial charge is 0.490 e. The summed E-state index contributed by atoms with van der Waals surface area (Å²) in [7, 11) is 1.81. The molecule has 4 rings (SSSR count). The second-order valence-corrected chi connectivity index (χ2v) is 7.19. The SMILES string of the molecule is Cn1ccc(N2CCCC(NC(=O)NCc3ccc4c(c3)OCCCO4)C2=O)n1. The Morgan fingerprint density at radius 3 is 2.83 bits per heavy atom. The molecule has 0 spiro atoms. The molecule has 9 nitrogen and oxygen atoms in total. The summed E-state index contributed by atoms with van der Waals surface area (Å²) in [5, 5.41) is 9.88. The molecule has 9 heteroatoms. The average molecular weight is 399 g/mol. The van der Waals surface area contributed by atoms with Crippen LogP contribution in [0.4, 0.5) is 10.6 Å². The molecule has 1 fully saturated rings. The number of amides is 3. The van der Waals surface area contributed by atoms with Gasteiger partial charge in [-0.25, -0.2) is 4.79 Å². The van der Waals surface area contributed by atoms with E-state index in [-0.39, 0.29) is 11.9 Å². The maximum absolute atomic E-state index is 12.7. The van der Waals surface area contributed by atoms with Gasteiger partial charge in [-0.15, -0.1) is 0 Å². The number of aromatic nitrogens is 2. The predicted molar refractivity (Wildman–Crippen MR) is 106 cm³/mol. The van der Waals surface area contributed by atoms with Crippen LogP contribution in [0.5, 0.6) is 11.5 Å². The van der Waals surface area contributed by atoms with E-state index in [4.69, 9.17) is 9.47 Å². The summed E-state index contributed by atoms with van der Waals surface area (Å²) in [6, 6.07) is 6.47. The number of nitrogens with one attached hydrogen (secondary N) is 2. The minimum Gasteiger partial charge on any atom is -0.490 e. The normalized spacial score (nSPS) is 18.9. The first-order valence-corrected chi connectivity index (χ1v) is 9.84. The van der Waals surface area contributed by atoms with Gasteiger partial charge in [0.25, 0.3) is 5.91 Å². The minimum absolute atomic E-state index is 0.138. The van der Waals surface area contributed by atoms with Crippen LogP contribution in [0.3, 0.4) is 0 Å². The maximum Gasteiger partial charge on any atom is 0.315 e. The number of benzene rings is 1. The topological polar surface area (TPSA) is 97.7 Å². The van der Waals surface area contributed by atoms with Crippen LogP contribution >= 0.6 is 0 Å². The molecule has 2 aliphatic rings. The van der Waals surface area contributed by atoms with Crippen molar-refractivity contribution in [2.75, 3.05) is 24.7 Å². The van der Waals surface area contributed by atoms with E-state index in [9.17, 15) is 9.59 Å². The predicted octanol–water partition coefficient (Wildman–Crippen LogP) is 1.58. The number of fused-ring (bicyclic) bond motifs is 1. The molecule has 2 aliphatic heterocycles. The second kappa shape index (κ2) is 8.42. The smallest absolute Gasteiger partial charge is 0.315 e. The van der Waals surface area contributed by atoms with Gasteiger partial charge in [-0.3, -0.25) is 14.4 Å². The van der Waals surface area contributed by atoms with Crippen molar-refractivity contribution in [3.63, 3.8) is 0 Å². The first-order chi connectivity index (χ1) is 14.1. The van der Waals surface area contributed by atoms with Gasteiger partial charge < -0.3 is 20.1 Å². The Hall–Kier alpha value is -3.23. The Balaban J connectivity index is 1.32. The van der Waals surface area contributed by atoms with Crippen LogP contribution in [0, 0.1) is 0 Å². The number of carbonyl (C=O) groups excluding carboxylic acids is 2. The number of anilines is 1. The highest BCUT2D eigenvalue weighted by Gasteiger charge is 2.31. The van der Waals surface area contributed by atoms with E-state index in [2.05, 4.69) is 15.7 Å². The average Bonchev–Trinajstić information content (AvgIpc) is 3.01. The second-order valence-electron chi connectivity index (χ2n) is 7.19. The fourth-order valence-electron chi connectivity index (χ4n) is 3.49. The Morgan fingerprint density at radius 1 is 1.21 bits per heavy atom.